The second-order valence-corrected chi connectivity index (χ2v) is 14.8. The van der Waals surface area contributed by atoms with Gasteiger partial charge in [-0.3, -0.25) is 14.4 Å². The van der Waals surface area contributed by atoms with Crippen LogP contribution in [0.3, 0.4) is 0 Å². The molecule has 4 saturated carbocycles. The molecule has 41 heavy (non-hydrogen) atoms. The van der Waals surface area contributed by atoms with Crippen molar-refractivity contribution in [2.75, 3.05) is 12.3 Å². The van der Waals surface area contributed by atoms with Crippen LogP contribution in [0.5, 0.6) is 0 Å². The van der Waals surface area contributed by atoms with Crippen molar-refractivity contribution in [2.45, 2.75) is 102 Å². The number of hydrogen-bond acceptors (Lipinski definition) is 7. The van der Waals surface area contributed by atoms with Crippen molar-refractivity contribution in [2.24, 2.45) is 39.9 Å². The van der Waals surface area contributed by atoms with Crippen LogP contribution in [0, 0.1) is 39.9 Å². The molecule has 3 N–H and O–H groups in total. The number of Topliss-reactive ketones (excluding diaryl/α,β-unsaturated/α-hetero) is 1. The van der Waals surface area contributed by atoms with Crippen LogP contribution in [0.25, 0.3) is 0 Å². The Labute approximate surface area is 244 Å². The van der Waals surface area contributed by atoms with Gasteiger partial charge in [-0.15, -0.1) is 18.3 Å². The van der Waals surface area contributed by atoms with E-state index < -0.39 is 47.2 Å². The number of alkyl halides is 3. The normalized spacial score (nSPS) is 44.5. The molecule has 0 radical (unpaired) electrons. The van der Waals surface area contributed by atoms with Crippen molar-refractivity contribution < 1.29 is 42.5 Å². The van der Waals surface area contributed by atoms with E-state index in [9.17, 15) is 37.8 Å². The predicted molar refractivity (Wildman–Crippen MR) is 149 cm³/mol. The third kappa shape index (κ3) is 5.71. The Morgan fingerprint density at radius 1 is 1.20 bits per heavy atom. The molecule has 0 spiro atoms. The second kappa shape index (κ2) is 11.5. The van der Waals surface area contributed by atoms with Crippen LogP contribution in [0.4, 0.5) is 13.2 Å². The minimum absolute atomic E-state index is 0.0716. The number of esters is 1. The van der Waals surface area contributed by atoms with Crippen molar-refractivity contribution in [1.82, 2.24) is 5.32 Å². The van der Waals surface area contributed by atoms with Crippen molar-refractivity contribution >= 4 is 29.4 Å². The topological polar surface area (TPSA) is 113 Å². The SMILES string of the molecule is C=C[C@]1(C)C[C@@H](OC(=O)CS[C@H]2C[C@H](CNC(=O)C(F)(F)F)C[C@@H]2O)[C@]2(C)C(C)CCC3(CCC(=O)[C@H]32)[C@@H](C)C1O. The van der Waals surface area contributed by atoms with Crippen molar-refractivity contribution in [3.8, 4) is 0 Å². The highest BCUT2D eigenvalue weighted by Gasteiger charge is 2.68. The summed E-state index contributed by atoms with van der Waals surface area (Å²) in [6.45, 7) is 12.0. The zero-order valence-corrected chi connectivity index (χ0v) is 25.2. The van der Waals surface area contributed by atoms with Gasteiger partial charge >= 0.3 is 18.1 Å². The van der Waals surface area contributed by atoms with Crippen LogP contribution >= 0.6 is 11.8 Å². The smallest absolute Gasteiger partial charge is 0.461 e. The number of rotatable bonds is 7. The van der Waals surface area contributed by atoms with Gasteiger partial charge in [-0.05, 0) is 61.7 Å². The van der Waals surface area contributed by atoms with Crippen LogP contribution < -0.4 is 5.32 Å². The summed E-state index contributed by atoms with van der Waals surface area (Å²) in [4.78, 5) is 38.0. The van der Waals surface area contributed by atoms with E-state index in [1.54, 1.807) is 6.08 Å². The van der Waals surface area contributed by atoms with Crippen LogP contribution in [-0.2, 0) is 19.1 Å². The first-order valence-electron chi connectivity index (χ1n) is 14.7. The van der Waals surface area contributed by atoms with Gasteiger partial charge in [0.15, 0.2) is 0 Å². The zero-order chi connectivity index (χ0) is 30.5. The van der Waals surface area contributed by atoms with Gasteiger partial charge in [0.25, 0.3) is 0 Å². The number of thioether (sulfide) groups is 1. The van der Waals surface area contributed by atoms with Gasteiger partial charge in [0.05, 0.1) is 18.0 Å². The highest BCUT2D eigenvalue weighted by Crippen LogP contribution is 2.68. The first kappa shape index (κ1) is 32.3. The first-order valence-corrected chi connectivity index (χ1v) is 15.7. The predicted octanol–water partition coefficient (Wildman–Crippen LogP) is 4.44. The lowest BCUT2D eigenvalue weighted by Gasteiger charge is -2.61. The number of carbonyl (C=O) groups excluding carboxylic acids is 3. The van der Waals surface area contributed by atoms with E-state index >= 15 is 0 Å². The molecule has 0 heterocycles. The molecule has 232 valence electrons. The molecule has 4 fully saturated rings. The van der Waals surface area contributed by atoms with E-state index in [-0.39, 0.29) is 58.8 Å². The molecule has 0 aromatic rings. The molecule has 7 nitrogen and oxygen atoms in total. The average molecular weight is 604 g/mol. The Hall–Kier alpha value is -1.59. The van der Waals surface area contributed by atoms with E-state index in [1.165, 1.54) is 11.8 Å². The van der Waals surface area contributed by atoms with Gasteiger partial charge in [0.2, 0.25) is 0 Å². The Bertz CT molecular complexity index is 1060. The summed E-state index contributed by atoms with van der Waals surface area (Å²) in [7, 11) is 0. The quantitative estimate of drug-likeness (QED) is 0.291. The molecule has 4 aliphatic carbocycles. The number of aliphatic hydroxyl groups is 2. The van der Waals surface area contributed by atoms with Crippen LogP contribution in [-0.4, -0.2) is 69.9 Å². The van der Waals surface area contributed by atoms with Gasteiger partial charge in [0.1, 0.15) is 11.9 Å². The van der Waals surface area contributed by atoms with Gasteiger partial charge in [0, 0.05) is 35.0 Å². The molecule has 4 aliphatic rings. The highest BCUT2D eigenvalue weighted by molar-refractivity contribution is 8.00. The summed E-state index contributed by atoms with van der Waals surface area (Å²) >= 11 is 1.19. The number of halogens is 3. The molecule has 0 aliphatic heterocycles. The summed E-state index contributed by atoms with van der Waals surface area (Å²) in [6, 6.07) is 0. The van der Waals surface area contributed by atoms with E-state index in [1.807, 2.05) is 19.2 Å². The number of ether oxygens (including phenoxy) is 1. The van der Waals surface area contributed by atoms with E-state index in [0.29, 0.717) is 25.7 Å². The molecule has 11 atom stereocenters. The van der Waals surface area contributed by atoms with E-state index in [0.717, 1.165) is 12.8 Å². The molecular formula is C30H44F3NO6S. The maximum absolute atomic E-state index is 13.5. The number of carbonyl (C=O) groups is 3. The van der Waals surface area contributed by atoms with Crippen LogP contribution in [0.15, 0.2) is 12.7 Å². The summed E-state index contributed by atoms with van der Waals surface area (Å²) in [5.74, 6) is -3.08. The molecule has 2 bridgehead atoms. The fourth-order valence-corrected chi connectivity index (χ4v) is 9.79. The molecule has 3 unspecified atom stereocenters. The molecule has 11 heteroatoms. The monoisotopic (exact) mass is 603 g/mol. The molecular weight excluding hydrogens is 559 g/mol. The Balaban J connectivity index is 1.48. The summed E-state index contributed by atoms with van der Waals surface area (Å²) < 4.78 is 43.7. The fourth-order valence-electron chi connectivity index (χ4n) is 8.63. The van der Waals surface area contributed by atoms with Crippen molar-refractivity contribution in [3.63, 3.8) is 0 Å². The Morgan fingerprint density at radius 3 is 2.51 bits per heavy atom. The minimum atomic E-state index is -4.96. The molecule has 4 rings (SSSR count). The van der Waals surface area contributed by atoms with Gasteiger partial charge < -0.3 is 20.3 Å². The standard InChI is InChI=1S/C30H44F3NO6S/c1-6-27(4)13-22(28(5)16(2)7-9-29(17(3)25(27)38)10-8-19(35)24(28)29)40-23(37)15-41-21-12-18(11-20(21)36)14-34-26(39)30(31,32)33/h6,16-18,20-22,24-25,36,38H,1,7-15H2,2-5H3,(H,34,39)/t16?,17-,18+,20-,21-,22+,24-,25?,27+,28-,29?/m0/s1. The lowest BCUT2D eigenvalue weighted by Crippen LogP contribution is -2.63. The number of aliphatic hydroxyl groups excluding tert-OH is 2. The summed E-state index contributed by atoms with van der Waals surface area (Å²) in [6.07, 6.45) is -1.66. The molecule has 1 amide bonds. The average Bonchev–Trinajstić information content (AvgIpc) is 3.45. The third-order valence-electron chi connectivity index (χ3n) is 11.4. The zero-order valence-electron chi connectivity index (χ0n) is 24.3. The van der Waals surface area contributed by atoms with Crippen molar-refractivity contribution in [3.05, 3.63) is 12.7 Å². The Kier molecular flexibility index (Phi) is 9.06. The number of amides is 1. The van der Waals surface area contributed by atoms with Gasteiger partial charge in [-0.25, -0.2) is 0 Å². The summed E-state index contributed by atoms with van der Waals surface area (Å²) in [5, 5.41) is 23.6. The highest BCUT2D eigenvalue weighted by atomic mass is 32.2. The number of nitrogens with one attached hydrogen (secondary N) is 1. The molecule has 0 aromatic heterocycles. The van der Waals surface area contributed by atoms with Gasteiger partial charge in [-0.2, -0.15) is 13.2 Å². The minimum Gasteiger partial charge on any atom is -0.461 e. The molecule has 0 aromatic carbocycles. The van der Waals surface area contributed by atoms with Crippen LogP contribution in [0.2, 0.25) is 0 Å². The van der Waals surface area contributed by atoms with Crippen molar-refractivity contribution in [1.29, 1.82) is 0 Å². The number of hydrogen-bond donors (Lipinski definition) is 3. The van der Waals surface area contributed by atoms with E-state index in [2.05, 4.69) is 20.4 Å². The lowest BCUT2D eigenvalue weighted by atomic mass is 9.44. The van der Waals surface area contributed by atoms with Crippen LogP contribution in [0.1, 0.15) is 72.6 Å². The third-order valence-corrected chi connectivity index (χ3v) is 12.7. The largest absolute Gasteiger partial charge is 0.471 e. The van der Waals surface area contributed by atoms with Gasteiger partial charge in [-0.1, -0.05) is 33.8 Å². The Morgan fingerprint density at radius 2 is 1.88 bits per heavy atom. The summed E-state index contributed by atoms with van der Waals surface area (Å²) in [5.41, 5.74) is -1.74. The second-order valence-electron chi connectivity index (χ2n) is 13.5. The number of ketones is 1. The first-order chi connectivity index (χ1) is 19.0. The maximum atomic E-state index is 13.5. The lowest BCUT2D eigenvalue weighted by molar-refractivity contribution is -0.205. The molecule has 0 saturated heterocycles. The maximum Gasteiger partial charge on any atom is 0.471 e. The van der Waals surface area contributed by atoms with E-state index in [4.69, 9.17) is 4.74 Å². The fraction of sp³-hybridized carbons (Fsp3) is 0.833.